The molecule has 1 heterocycles. The number of halogens is 1. The van der Waals surface area contributed by atoms with Gasteiger partial charge in [0.1, 0.15) is 5.82 Å². The predicted molar refractivity (Wildman–Crippen MR) is 110 cm³/mol. The maximum absolute atomic E-state index is 13.7. The second-order valence-electron chi connectivity index (χ2n) is 6.88. The molecule has 2 aromatic carbocycles. The third kappa shape index (κ3) is 5.10. The van der Waals surface area contributed by atoms with Crippen LogP contribution in [0, 0.1) is 5.82 Å². The fourth-order valence-corrected chi connectivity index (χ4v) is 3.17. The molecule has 1 saturated heterocycles. The summed E-state index contributed by atoms with van der Waals surface area (Å²) >= 11 is 0. The number of anilines is 3. The van der Waals surface area contributed by atoms with Crippen LogP contribution in [0.15, 0.2) is 42.5 Å². The van der Waals surface area contributed by atoms with E-state index in [4.69, 9.17) is 0 Å². The van der Waals surface area contributed by atoms with Gasteiger partial charge in [0.15, 0.2) is 5.78 Å². The molecule has 1 aliphatic rings. The highest BCUT2D eigenvalue weighted by Gasteiger charge is 2.21. The number of piperazine rings is 1. The summed E-state index contributed by atoms with van der Waals surface area (Å²) in [5.74, 6) is -0.928. The Balaban J connectivity index is 1.57. The van der Waals surface area contributed by atoms with Gasteiger partial charge >= 0.3 is 6.03 Å². The molecule has 8 heteroatoms. The zero-order valence-corrected chi connectivity index (χ0v) is 16.4. The van der Waals surface area contributed by atoms with Crippen molar-refractivity contribution in [2.24, 2.45) is 0 Å². The lowest BCUT2D eigenvalue weighted by Crippen LogP contribution is -2.50. The van der Waals surface area contributed by atoms with Crippen LogP contribution in [0.4, 0.5) is 26.2 Å². The van der Waals surface area contributed by atoms with Gasteiger partial charge in [-0.3, -0.25) is 9.59 Å². The van der Waals surface area contributed by atoms with Crippen molar-refractivity contribution in [2.45, 2.75) is 13.8 Å². The Hall–Kier alpha value is -3.42. The summed E-state index contributed by atoms with van der Waals surface area (Å²) in [7, 11) is 0. The number of carbonyl (C=O) groups excluding carboxylic acids is 3. The number of hydrogen-bond acceptors (Lipinski definition) is 4. The smallest absolute Gasteiger partial charge is 0.321 e. The van der Waals surface area contributed by atoms with E-state index in [0.29, 0.717) is 37.4 Å². The highest BCUT2D eigenvalue weighted by molar-refractivity contribution is 5.94. The molecule has 0 bridgehead atoms. The number of Topliss-reactive ketones (excluding diaryl/α,β-unsaturated/α-hetero) is 1. The summed E-state index contributed by atoms with van der Waals surface area (Å²) in [6.45, 7) is 5.20. The fraction of sp³-hybridized carbons (Fsp3) is 0.286. The van der Waals surface area contributed by atoms with Crippen molar-refractivity contribution in [3.8, 4) is 0 Å². The van der Waals surface area contributed by atoms with E-state index >= 15 is 0 Å². The van der Waals surface area contributed by atoms with E-state index in [1.807, 2.05) is 12.1 Å². The summed E-state index contributed by atoms with van der Waals surface area (Å²) in [6, 6.07) is 11.2. The largest absolute Gasteiger partial charge is 0.368 e. The number of amides is 3. The lowest BCUT2D eigenvalue weighted by atomic mass is 10.1. The SMILES string of the molecule is CC(=O)Nc1cc(NC(=O)N2CCN(c3ccc(C(C)=O)cc3)CC2)ccc1F. The van der Waals surface area contributed by atoms with E-state index in [0.717, 1.165) is 5.69 Å². The van der Waals surface area contributed by atoms with Gasteiger partial charge in [-0.25, -0.2) is 9.18 Å². The van der Waals surface area contributed by atoms with E-state index in [1.54, 1.807) is 17.0 Å². The number of nitrogens with one attached hydrogen (secondary N) is 2. The summed E-state index contributed by atoms with van der Waals surface area (Å²) in [4.78, 5) is 38.9. The molecule has 0 unspecified atom stereocenters. The minimum absolute atomic E-state index is 0.0223. The van der Waals surface area contributed by atoms with E-state index in [9.17, 15) is 18.8 Å². The Morgan fingerprint density at radius 3 is 2.14 bits per heavy atom. The van der Waals surface area contributed by atoms with Crippen molar-refractivity contribution in [2.75, 3.05) is 41.7 Å². The highest BCUT2D eigenvalue weighted by Crippen LogP contribution is 2.21. The Bertz CT molecular complexity index is 922. The van der Waals surface area contributed by atoms with Crippen LogP contribution in [0.5, 0.6) is 0 Å². The van der Waals surface area contributed by atoms with Gasteiger partial charge in [-0.1, -0.05) is 0 Å². The van der Waals surface area contributed by atoms with Gasteiger partial charge in [0.2, 0.25) is 5.91 Å². The molecule has 0 radical (unpaired) electrons. The second-order valence-corrected chi connectivity index (χ2v) is 6.88. The van der Waals surface area contributed by atoms with Crippen LogP contribution in [0.3, 0.4) is 0 Å². The molecular weight excluding hydrogens is 375 g/mol. The van der Waals surface area contributed by atoms with Gasteiger partial charge in [0.05, 0.1) is 5.69 Å². The molecule has 0 aromatic heterocycles. The molecule has 1 fully saturated rings. The standard InChI is InChI=1S/C21H23FN4O3/c1-14(27)16-3-6-18(7-4-16)25-9-11-26(12-10-25)21(29)24-17-5-8-19(22)20(13-17)23-15(2)28/h3-8,13H,9-12H2,1-2H3,(H,23,28)(H,24,29). The third-order valence-electron chi connectivity index (χ3n) is 4.73. The van der Waals surface area contributed by atoms with Crippen LogP contribution in [-0.4, -0.2) is 48.8 Å². The average Bonchev–Trinajstić information content (AvgIpc) is 2.70. The molecule has 1 aliphatic heterocycles. The van der Waals surface area contributed by atoms with Gasteiger partial charge in [-0.15, -0.1) is 0 Å². The predicted octanol–water partition coefficient (Wildman–Crippen LogP) is 3.34. The molecule has 0 saturated carbocycles. The van der Waals surface area contributed by atoms with Gasteiger partial charge in [0, 0.05) is 50.0 Å². The zero-order valence-electron chi connectivity index (χ0n) is 16.4. The number of carbonyl (C=O) groups is 3. The van der Waals surface area contributed by atoms with Gasteiger partial charge in [-0.2, -0.15) is 0 Å². The zero-order chi connectivity index (χ0) is 21.0. The first-order valence-electron chi connectivity index (χ1n) is 9.32. The quantitative estimate of drug-likeness (QED) is 0.774. The number of rotatable bonds is 4. The maximum atomic E-state index is 13.7. The second kappa shape index (κ2) is 8.72. The summed E-state index contributed by atoms with van der Waals surface area (Å²) in [5, 5.41) is 5.13. The first kappa shape index (κ1) is 20.3. The third-order valence-corrected chi connectivity index (χ3v) is 4.73. The van der Waals surface area contributed by atoms with Crippen LogP contribution in [0.1, 0.15) is 24.2 Å². The Kier molecular flexibility index (Phi) is 6.11. The molecule has 7 nitrogen and oxygen atoms in total. The number of nitrogens with zero attached hydrogens (tertiary/aromatic N) is 2. The minimum atomic E-state index is -0.567. The van der Waals surface area contributed by atoms with E-state index in [2.05, 4.69) is 15.5 Å². The number of benzene rings is 2. The maximum Gasteiger partial charge on any atom is 0.321 e. The Morgan fingerprint density at radius 1 is 0.897 bits per heavy atom. The summed E-state index contributed by atoms with van der Waals surface area (Å²) < 4.78 is 13.7. The highest BCUT2D eigenvalue weighted by atomic mass is 19.1. The van der Waals surface area contributed by atoms with Crippen molar-refractivity contribution >= 4 is 34.8 Å². The first-order chi connectivity index (χ1) is 13.8. The van der Waals surface area contributed by atoms with E-state index in [-0.39, 0.29) is 23.4 Å². The topological polar surface area (TPSA) is 81.8 Å². The van der Waals surface area contributed by atoms with Crippen LogP contribution in [0.2, 0.25) is 0 Å². The van der Waals surface area contributed by atoms with E-state index < -0.39 is 5.82 Å². The molecular formula is C21H23FN4O3. The van der Waals surface area contributed by atoms with Crippen molar-refractivity contribution in [1.82, 2.24) is 4.90 Å². The number of urea groups is 1. The molecule has 152 valence electrons. The van der Waals surface area contributed by atoms with Crippen molar-refractivity contribution in [3.63, 3.8) is 0 Å². The molecule has 3 rings (SSSR count). The Labute approximate surface area is 168 Å². The summed E-state index contributed by atoms with van der Waals surface area (Å²) in [5.41, 5.74) is 2.11. The fourth-order valence-electron chi connectivity index (χ4n) is 3.17. The van der Waals surface area contributed by atoms with Crippen LogP contribution < -0.4 is 15.5 Å². The van der Waals surface area contributed by atoms with Gasteiger partial charge in [-0.05, 0) is 49.4 Å². The minimum Gasteiger partial charge on any atom is -0.368 e. The van der Waals surface area contributed by atoms with Crippen molar-refractivity contribution in [3.05, 3.63) is 53.8 Å². The van der Waals surface area contributed by atoms with Crippen LogP contribution >= 0.6 is 0 Å². The summed E-state index contributed by atoms with van der Waals surface area (Å²) in [6.07, 6.45) is 0. The van der Waals surface area contributed by atoms with Crippen molar-refractivity contribution in [1.29, 1.82) is 0 Å². The number of ketones is 1. The Morgan fingerprint density at radius 2 is 1.55 bits per heavy atom. The molecule has 2 aromatic rings. The normalized spacial score (nSPS) is 13.8. The lowest BCUT2D eigenvalue weighted by molar-refractivity contribution is -0.114. The first-order valence-corrected chi connectivity index (χ1v) is 9.32. The van der Waals surface area contributed by atoms with E-state index in [1.165, 1.54) is 32.0 Å². The molecule has 3 amide bonds. The molecule has 2 N–H and O–H groups in total. The molecule has 0 atom stereocenters. The molecule has 29 heavy (non-hydrogen) atoms. The molecule has 0 aliphatic carbocycles. The lowest BCUT2D eigenvalue weighted by Gasteiger charge is -2.36. The van der Waals surface area contributed by atoms with Crippen LogP contribution in [0.25, 0.3) is 0 Å². The van der Waals surface area contributed by atoms with Gasteiger partial charge in [0.25, 0.3) is 0 Å². The van der Waals surface area contributed by atoms with Crippen molar-refractivity contribution < 1.29 is 18.8 Å². The molecule has 0 spiro atoms. The number of hydrogen-bond donors (Lipinski definition) is 2. The monoisotopic (exact) mass is 398 g/mol. The van der Waals surface area contributed by atoms with Gasteiger partial charge < -0.3 is 20.4 Å². The van der Waals surface area contributed by atoms with Crippen LogP contribution in [-0.2, 0) is 4.79 Å². The average molecular weight is 398 g/mol.